The molecular weight excluding hydrogens is 495 g/mol. The summed E-state index contributed by atoms with van der Waals surface area (Å²) in [7, 11) is -2.83. The smallest absolute Gasteiger partial charge is 0.191 e. The highest BCUT2D eigenvalue weighted by atomic mass is 127. The topological polar surface area (TPSA) is 83.5 Å². The van der Waals surface area contributed by atoms with Gasteiger partial charge in [0.05, 0.1) is 18.1 Å². The number of fused-ring (bicyclic) bond motifs is 2. The Morgan fingerprint density at radius 1 is 1.33 bits per heavy atom. The Labute approximate surface area is 183 Å². The average Bonchev–Trinajstić information content (AvgIpc) is 3.35. The van der Waals surface area contributed by atoms with E-state index in [-0.39, 0.29) is 29.9 Å². The molecule has 27 heavy (non-hydrogen) atoms. The van der Waals surface area contributed by atoms with Crippen LogP contribution >= 0.6 is 35.3 Å². The molecule has 4 atom stereocenters. The zero-order valence-corrected chi connectivity index (χ0v) is 19.6. The van der Waals surface area contributed by atoms with E-state index in [4.69, 9.17) is 4.99 Å². The average molecular weight is 524 g/mol. The minimum Gasteiger partial charge on any atom is -0.356 e. The van der Waals surface area contributed by atoms with Crippen LogP contribution in [0, 0.1) is 24.7 Å². The van der Waals surface area contributed by atoms with Crippen molar-refractivity contribution >= 4 is 51.1 Å². The third kappa shape index (κ3) is 5.56. The van der Waals surface area contributed by atoms with Gasteiger partial charge in [0.2, 0.25) is 0 Å². The first-order valence-electron chi connectivity index (χ1n) is 9.63. The summed E-state index contributed by atoms with van der Waals surface area (Å²) in [5.41, 5.74) is 1.03. The maximum absolute atomic E-state index is 11.7. The third-order valence-electron chi connectivity index (χ3n) is 5.98. The van der Waals surface area contributed by atoms with E-state index in [0.29, 0.717) is 30.6 Å². The number of hydrogen-bond acceptors (Lipinski definition) is 5. The largest absolute Gasteiger partial charge is 0.356 e. The van der Waals surface area contributed by atoms with Crippen LogP contribution in [0.1, 0.15) is 42.8 Å². The lowest BCUT2D eigenvalue weighted by Crippen LogP contribution is -2.47. The van der Waals surface area contributed by atoms with Crippen LogP contribution in [0.3, 0.4) is 0 Å². The van der Waals surface area contributed by atoms with Gasteiger partial charge >= 0.3 is 0 Å². The van der Waals surface area contributed by atoms with Crippen molar-refractivity contribution in [3.05, 3.63) is 16.1 Å². The molecule has 3 fully saturated rings. The van der Waals surface area contributed by atoms with Gasteiger partial charge in [0.1, 0.15) is 5.01 Å². The van der Waals surface area contributed by atoms with Gasteiger partial charge in [0.15, 0.2) is 15.8 Å². The van der Waals surface area contributed by atoms with Gasteiger partial charge in [-0.3, -0.25) is 0 Å². The first-order chi connectivity index (χ1) is 12.5. The molecule has 2 saturated carbocycles. The molecule has 1 saturated heterocycles. The van der Waals surface area contributed by atoms with E-state index in [1.807, 2.05) is 12.3 Å². The molecule has 0 amide bonds. The number of thiazole rings is 1. The second-order valence-corrected chi connectivity index (χ2v) is 11.3. The van der Waals surface area contributed by atoms with Gasteiger partial charge in [-0.15, -0.1) is 35.3 Å². The minimum absolute atomic E-state index is 0. The Hall–Kier alpha value is -0.420. The number of sulfone groups is 1. The van der Waals surface area contributed by atoms with E-state index in [9.17, 15) is 8.42 Å². The van der Waals surface area contributed by atoms with Crippen LogP contribution in [-0.2, 0) is 16.4 Å². The molecule has 1 aromatic rings. The van der Waals surface area contributed by atoms with Crippen LogP contribution in [0.2, 0.25) is 0 Å². The Kier molecular flexibility index (Phi) is 7.05. The molecule has 2 heterocycles. The fourth-order valence-corrected chi connectivity index (χ4v) is 7.20. The van der Waals surface area contributed by atoms with E-state index in [2.05, 4.69) is 15.6 Å². The maximum Gasteiger partial charge on any atom is 0.191 e. The summed E-state index contributed by atoms with van der Waals surface area (Å²) in [5.74, 6) is 3.27. The Morgan fingerprint density at radius 2 is 2.19 bits per heavy atom. The van der Waals surface area contributed by atoms with Crippen LogP contribution < -0.4 is 10.6 Å². The molecule has 2 bridgehead atoms. The van der Waals surface area contributed by atoms with Crippen LogP contribution in [-0.4, -0.2) is 43.5 Å². The summed E-state index contributed by atoms with van der Waals surface area (Å²) in [4.78, 5) is 9.23. The molecule has 6 nitrogen and oxygen atoms in total. The number of nitrogens with zero attached hydrogens (tertiary/aromatic N) is 2. The number of guanidine groups is 1. The molecule has 2 N–H and O–H groups in total. The lowest BCUT2D eigenvalue weighted by atomic mass is 9.95. The first-order valence-corrected chi connectivity index (χ1v) is 12.3. The van der Waals surface area contributed by atoms with E-state index in [1.165, 1.54) is 25.7 Å². The van der Waals surface area contributed by atoms with Gasteiger partial charge in [0, 0.05) is 23.7 Å². The molecule has 4 rings (SSSR count). The monoisotopic (exact) mass is 524 g/mol. The number of aryl methyl sites for hydroxylation is 1. The summed E-state index contributed by atoms with van der Waals surface area (Å²) in [6.45, 7) is 3.23. The number of aliphatic imine (C=N–C) groups is 1. The number of aromatic nitrogens is 1. The molecule has 0 radical (unpaired) electrons. The normalized spacial score (nSPS) is 31.7. The second-order valence-electron chi connectivity index (χ2n) is 8.12. The minimum atomic E-state index is -2.83. The molecule has 0 spiro atoms. The molecule has 1 aromatic heterocycles. The molecule has 9 heteroatoms. The van der Waals surface area contributed by atoms with Crippen molar-refractivity contribution in [2.75, 3.05) is 18.1 Å². The summed E-state index contributed by atoms with van der Waals surface area (Å²) in [6, 6.07) is 0.505. The lowest BCUT2D eigenvalue weighted by molar-refractivity contribution is 0.386. The maximum atomic E-state index is 11.7. The SMILES string of the molecule is Cc1csc(CN=C(NCC2CCS(=O)(=O)C2)NC2CC3CCC2C3)n1.I. The quantitative estimate of drug-likeness (QED) is 0.352. The summed E-state index contributed by atoms with van der Waals surface area (Å²) >= 11 is 1.64. The first kappa shape index (κ1) is 21.3. The van der Waals surface area contributed by atoms with Gasteiger partial charge in [-0.25, -0.2) is 18.4 Å². The lowest BCUT2D eigenvalue weighted by Gasteiger charge is -2.25. The molecule has 3 aliphatic rings. The van der Waals surface area contributed by atoms with Crippen molar-refractivity contribution in [2.24, 2.45) is 22.7 Å². The molecule has 2 aliphatic carbocycles. The van der Waals surface area contributed by atoms with E-state index < -0.39 is 9.84 Å². The zero-order valence-electron chi connectivity index (χ0n) is 15.7. The molecular formula is C18H29IN4O2S2. The standard InChI is InChI=1S/C18H28N4O2S2.HI/c1-12-10-25-17(21-12)9-20-18(19-8-14-4-5-26(23,24)11-14)22-16-7-13-2-3-15(16)6-13;/h10,13-16H,2-9,11H2,1H3,(H2,19,20,22);1H. The number of nitrogens with one attached hydrogen (secondary N) is 2. The summed E-state index contributed by atoms with van der Waals surface area (Å²) in [6.07, 6.45) is 6.03. The van der Waals surface area contributed by atoms with Gasteiger partial charge in [0.25, 0.3) is 0 Å². The van der Waals surface area contributed by atoms with E-state index in [1.54, 1.807) is 11.3 Å². The van der Waals surface area contributed by atoms with Crippen LogP contribution in [0.4, 0.5) is 0 Å². The summed E-state index contributed by atoms with van der Waals surface area (Å²) < 4.78 is 23.4. The van der Waals surface area contributed by atoms with Gasteiger partial charge in [-0.2, -0.15) is 0 Å². The van der Waals surface area contributed by atoms with Crippen LogP contribution in [0.25, 0.3) is 0 Å². The molecule has 1 aliphatic heterocycles. The predicted octanol–water partition coefficient (Wildman–Crippen LogP) is 2.73. The van der Waals surface area contributed by atoms with Crippen molar-refractivity contribution in [3.63, 3.8) is 0 Å². The molecule has 0 aromatic carbocycles. The highest BCUT2D eigenvalue weighted by Gasteiger charge is 2.40. The molecule has 4 unspecified atom stereocenters. The Morgan fingerprint density at radius 3 is 2.78 bits per heavy atom. The van der Waals surface area contributed by atoms with Crippen molar-refractivity contribution in [1.82, 2.24) is 15.6 Å². The van der Waals surface area contributed by atoms with Crippen molar-refractivity contribution in [1.29, 1.82) is 0 Å². The second kappa shape index (κ2) is 8.94. The third-order valence-corrected chi connectivity index (χ3v) is 8.77. The number of hydrogen-bond donors (Lipinski definition) is 2. The Bertz CT molecular complexity index is 780. The Balaban J connectivity index is 0.00000210. The summed E-state index contributed by atoms with van der Waals surface area (Å²) in [5, 5.41) is 10.1. The van der Waals surface area contributed by atoms with Crippen molar-refractivity contribution in [3.8, 4) is 0 Å². The van der Waals surface area contributed by atoms with Crippen LogP contribution in [0.5, 0.6) is 0 Å². The van der Waals surface area contributed by atoms with Gasteiger partial charge in [-0.05, 0) is 50.4 Å². The number of halogens is 1. The van der Waals surface area contributed by atoms with Crippen molar-refractivity contribution in [2.45, 2.75) is 51.6 Å². The zero-order chi connectivity index (χ0) is 18.1. The predicted molar refractivity (Wildman–Crippen MR) is 121 cm³/mol. The fourth-order valence-electron chi connectivity index (χ4n) is 4.65. The number of rotatable bonds is 5. The molecule has 152 valence electrons. The van der Waals surface area contributed by atoms with Crippen LogP contribution in [0.15, 0.2) is 10.4 Å². The van der Waals surface area contributed by atoms with E-state index in [0.717, 1.165) is 34.9 Å². The fraction of sp³-hybridized carbons (Fsp3) is 0.778. The van der Waals surface area contributed by atoms with Gasteiger partial charge < -0.3 is 10.6 Å². The van der Waals surface area contributed by atoms with E-state index >= 15 is 0 Å². The highest BCUT2D eigenvalue weighted by Crippen LogP contribution is 2.44. The van der Waals surface area contributed by atoms with Gasteiger partial charge in [-0.1, -0.05) is 6.42 Å². The van der Waals surface area contributed by atoms with Crippen molar-refractivity contribution < 1.29 is 8.42 Å². The highest BCUT2D eigenvalue weighted by molar-refractivity contribution is 14.0.